The van der Waals surface area contributed by atoms with E-state index in [0.717, 1.165) is 22.4 Å². The molecule has 0 N–H and O–H groups in total. The zero-order chi connectivity index (χ0) is 21.0. The summed E-state index contributed by atoms with van der Waals surface area (Å²) >= 11 is 0. The van der Waals surface area contributed by atoms with Gasteiger partial charge in [-0.15, -0.1) is 0 Å². The Bertz CT molecular complexity index is 878. The Morgan fingerprint density at radius 2 is 1.72 bits per heavy atom. The molecule has 29 heavy (non-hydrogen) atoms. The van der Waals surface area contributed by atoms with Crippen LogP contribution in [0.1, 0.15) is 25.8 Å². The van der Waals surface area contributed by atoms with Gasteiger partial charge in [0.05, 0.1) is 7.11 Å². The number of nitrogens with zero attached hydrogens (tertiary/aromatic N) is 2. The zero-order valence-corrected chi connectivity index (χ0v) is 17.7. The number of carbonyl (C=O) groups is 2. The van der Waals surface area contributed by atoms with Crippen LogP contribution in [0.4, 0.5) is 0 Å². The highest BCUT2D eigenvalue weighted by atomic mass is 16.5. The van der Waals surface area contributed by atoms with Gasteiger partial charge >= 0.3 is 0 Å². The van der Waals surface area contributed by atoms with E-state index in [1.165, 1.54) is 0 Å². The molecule has 1 heterocycles. The third kappa shape index (κ3) is 4.61. The van der Waals surface area contributed by atoms with Crippen molar-refractivity contribution in [2.45, 2.75) is 32.7 Å². The predicted octanol–water partition coefficient (Wildman–Crippen LogP) is 3.62. The molecule has 0 aliphatic carbocycles. The Morgan fingerprint density at radius 1 is 1.07 bits per heavy atom. The Hall–Kier alpha value is -2.82. The van der Waals surface area contributed by atoms with Crippen molar-refractivity contribution in [2.75, 3.05) is 27.2 Å². The summed E-state index contributed by atoms with van der Waals surface area (Å²) in [5.74, 6) is 1.11. The van der Waals surface area contributed by atoms with Gasteiger partial charge in [0.2, 0.25) is 11.8 Å². The average Bonchev–Trinajstić information content (AvgIpc) is 2.71. The van der Waals surface area contributed by atoms with Crippen LogP contribution in [-0.4, -0.2) is 54.9 Å². The van der Waals surface area contributed by atoms with E-state index in [4.69, 9.17) is 4.74 Å². The lowest BCUT2D eigenvalue weighted by atomic mass is 9.92. The van der Waals surface area contributed by atoms with E-state index < -0.39 is 6.04 Å². The first-order chi connectivity index (χ1) is 13.9. The molecule has 2 aromatic rings. The van der Waals surface area contributed by atoms with Crippen LogP contribution in [0.2, 0.25) is 0 Å². The smallest absolute Gasteiger partial charge is 0.245 e. The van der Waals surface area contributed by atoms with Crippen LogP contribution in [0.3, 0.4) is 0 Å². The quantitative estimate of drug-likeness (QED) is 0.752. The molecule has 2 amide bonds. The van der Waals surface area contributed by atoms with Crippen molar-refractivity contribution in [3.05, 3.63) is 54.1 Å². The number of likely N-dealkylation sites (N-methyl/N-ethyl adjacent to an activating group) is 1. The van der Waals surface area contributed by atoms with Gasteiger partial charge in [-0.05, 0) is 23.1 Å². The lowest BCUT2D eigenvalue weighted by Crippen LogP contribution is -2.58. The fourth-order valence-electron chi connectivity index (χ4n) is 3.91. The summed E-state index contributed by atoms with van der Waals surface area (Å²) in [6, 6.07) is 15.4. The fraction of sp³-hybridized carbons (Fsp3) is 0.417. The third-order valence-electron chi connectivity index (χ3n) is 5.44. The molecule has 0 spiro atoms. The fourth-order valence-corrected chi connectivity index (χ4v) is 3.91. The van der Waals surface area contributed by atoms with E-state index in [2.05, 4.69) is 0 Å². The minimum absolute atomic E-state index is 0.00295. The SMILES string of the molecule is COc1ccccc1-c1ccccc1C[C@H]1C(=O)N(C)CCN1C(=O)CC(C)C. The van der Waals surface area contributed by atoms with Gasteiger partial charge in [-0.1, -0.05) is 56.3 Å². The molecule has 0 aromatic heterocycles. The van der Waals surface area contributed by atoms with Crippen molar-refractivity contribution in [1.82, 2.24) is 9.80 Å². The minimum atomic E-state index is -0.476. The first kappa shape index (κ1) is 20.9. The maximum atomic E-state index is 13.0. The molecular formula is C24H30N2O3. The molecule has 3 rings (SSSR count). The van der Waals surface area contributed by atoms with Crippen LogP contribution >= 0.6 is 0 Å². The van der Waals surface area contributed by atoms with Gasteiger partial charge in [0.25, 0.3) is 0 Å². The second kappa shape index (κ2) is 9.12. The number of ether oxygens (including phenoxy) is 1. The minimum Gasteiger partial charge on any atom is -0.496 e. The third-order valence-corrected chi connectivity index (χ3v) is 5.44. The maximum Gasteiger partial charge on any atom is 0.245 e. The Morgan fingerprint density at radius 3 is 2.41 bits per heavy atom. The molecule has 2 aromatic carbocycles. The van der Waals surface area contributed by atoms with Gasteiger partial charge in [0, 0.05) is 38.5 Å². The molecule has 1 aliphatic heterocycles. The highest BCUT2D eigenvalue weighted by molar-refractivity contribution is 5.89. The molecule has 5 heteroatoms. The number of amides is 2. The molecule has 1 fully saturated rings. The van der Waals surface area contributed by atoms with E-state index in [1.807, 2.05) is 69.4 Å². The summed E-state index contributed by atoms with van der Waals surface area (Å²) in [6.07, 6.45) is 0.947. The highest BCUT2D eigenvalue weighted by Crippen LogP contribution is 2.33. The molecule has 1 aliphatic rings. The van der Waals surface area contributed by atoms with E-state index in [-0.39, 0.29) is 17.7 Å². The van der Waals surface area contributed by atoms with Crippen molar-refractivity contribution in [1.29, 1.82) is 0 Å². The van der Waals surface area contributed by atoms with Gasteiger partial charge in [-0.3, -0.25) is 9.59 Å². The van der Waals surface area contributed by atoms with Crippen molar-refractivity contribution in [3.8, 4) is 16.9 Å². The van der Waals surface area contributed by atoms with Crippen LogP contribution in [0.25, 0.3) is 11.1 Å². The van der Waals surface area contributed by atoms with E-state index >= 15 is 0 Å². The van der Waals surface area contributed by atoms with Gasteiger partial charge in [0.1, 0.15) is 11.8 Å². The topological polar surface area (TPSA) is 49.9 Å². The van der Waals surface area contributed by atoms with E-state index in [0.29, 0.717) is 25.9 Å². The number of hydrogen-bond donors (Lipinski definition) is 0. The molecule has 1 saturated heterocycles. The summed E-state index contributed by atoms with van der Waals surface area (Å²) in [5, 5.41) is 0. The van der Waals surface area contributed by atoms with Crippen molar-refractivity contribution in [3.63, 3.8) is 0 Å². The van der Waals surface area contributed by atoms with Crippen molar-refractivity contribution in [2.24, 2.45) is 5.92 Å². The van der Waals surface area contributed by atoms with Crippen LogP contribution in [0.5, 0.6) is 5.75 Å². The molecular weight excluding hydrogens is 364 g/mol. The number of piperazine rings is 1. The Kier molecular flexibility index (Phi) is 6.57. The normalized spacial score (nSPS) is 17.0. The summed E-state index contributed by atoms with van der Waals surface area (Å²) < 4.78 is 5.55. The lowest BCUT2D eigenvalue weighted by molar-refractivity contribution is -0.150. The van der Waals surface area contributed by atoms with Gasteiger partial charge in [-0.25, -0.2) is 0 Å². The Balaban J connectivity index is 1.96. The lowest BCUT2D eigenvalue weighted by Gasteiger charge is -2.40. The summed E-state index contributed by atoms with van der Waals surface area (Å²) in [7, 11) is 3.47. The van der Waals surface area contributed by atoms with Gasteiger partial charge in [0.15, 0.2) is 0 Å². The first-order valence-corrected chi connectivity index (χ1v) is 10.2. The molecule has 0 unspecified atom stereocenters. The molecule has 1 atom stereocenters. The largest absolute Gasteiger partial charge is 0.496 e. The van der Waals surface area contributed by atoms with Gasteiger partial charge in [-0.2, -0.15) is 0 Å². The average molecular weight is 395 g/mol. The van der Waals surface area contributed by atoms with E-state index in [9.17, 15) is 9.59 Å². The number of para-hydroxylation sites is 1. The van der Waals surface area contributed by atoms with Crippen LogP contribution in [0, 0.1) is 5.92 Å². The molecule has 0 bridgehead atoms. The molecule has 0 saturated carbocycles. The summed E-state index contributed by atoms with van der Waals surface area (Å²) in [4.78, 5) is 29.4. The molecule has 154 valence electrons. The van der Waals surface area contributed by atoms with Crippen LogP contribution in [-0.2, 0) is 16.0 Å². The van der Waals surface area contributed by atoms with Crippen molar-refractivity contribution < 1.29 is 14.3 Å². The number of methoxy groups -OCH3 is 1. The second-order valence-corrected chi connectivity index (χ2v) is 8.02. The summed E-state index contributed by atoms with van der Waals surface area (Å²) in [5.41, 5.74) is 3.05. The number of hydrogen-bond acceptors (Lipinski definition) is 3. The zero-order valence-electron chi connectivity index (χ0n) is 17.7. The first-order valence-electron chi connectivity index (χ1n) is 10.2. The standard InChI is InChI=1S/C24H30N2O3/c1-17(2)15-23(27)26-14-13-25(3)24(28)21(26)16-18-9-5-6-10-19(18)20-11-7-8-12-22(20)29-4/h5-12,17,21H,13-16H2,1-4H3/t21-/m0/s1. The van der Waals surface area contributed by atoms with Gasteiger partial charge < -0.3 is 14.5 Å². The Labute approximate surface area is 173 Å². The monoisotopic (exact) mass is 394 g/mol. The summed E-state index contributed by atoms with van der Waals surface area (Å²) in [6.45, 7) is 5.21. The van der Waals surface area contributed by atoms with Crippen LogP contribution in [0.15, 0.2) is 48.5 Å². The maximum absolute atomic E-state index is 13.0. The predicted molar refractivity (Wildman–Crippen MR) is 115 cm³/mol. The molecule has 5 nitrogen and oxygen atoms in total. The van der Waals surface area contributed by atoms with Crippen LogP contribution < -0.4 is 4.74 Å². The second-order valence-electron chi connectivity index (χ2n) is 8.02. The number of benzene rings is 2. The van der Waals surface area contributed by atoms with Crippen molar-refractivity contribution >= 4 is 11.8 Å². The molecule has 0 radical (unpaired) electrons. The van der Waals surface area contributed by atoms with E-state index in [1.54, 1.807) is 16.9 Å². The number of carbonyl (C=O) groups excluding carboxylic acids is 2. The highest BCUT2D eigenvalue weighted by Gasteiger charge is 2.36. The number of rotatable bonds is 6.